The fourth-order valence-corrected chi connectivity index (χ4v) is 7.88. The number of amides is 2. The number of anilines is 2. The molecule has 12 nitrogen and oxygen atoms in total. The van der Waals surface area contributed by atoms with E-state index >= 15 is 0 Å². The van der Waals surface area contributed by atoms with Crippen LogP contribution in [0, 0.1) is 0 Å². The van der Waals surface area contributed by atoms with E-state index in [1.165, 1.54) is 4.90 Å². The number of benzene rings is 6. The summed E-state index contributed by atoms with van der Waals surface area (Å²) in [5.74, 6) is 3.08. The standard InChI is InChI=1S/C24H21ClN2O3.C20H25BO4.C10H8Cl2N2O.Pd/c1-27-22-12-7-18(25)13-21(22)24(26-14-23(27)28)17-5-10-20(11-6-17)30-15-16-3-8-19(29-2)9-4-16;1-19(2)20(3,4)25-21(24-19)16-8-12-18(13-9-16)23-14-15-6-10-17(22-5)11-7-15;1-14-8-3-2-6(11)4-7(8)10(12)13-5-9(14)15;/h3-13H,14-15H2,1-2H3;6-13H,14H2,1-5H3;2-4H,5H2,1H3;. The average Bonchev–Trinajstić information content (AvgIpc) is 3.44. The Balaban J connectivity index is 0.000000182. The summed E-state index contributed by atoms with van der Waals surface area (Å²) >= 11 is 18.1. The number of likely N-dealkylation sites (N-methyl/N-ethyl adjacent to an activating group) is 2. The minimum atomic E-state index is -0.347. The Morgan fingerprint density at radius 2 is 0.972 bits per heavy atom. The second-order valence-electron chi connectivity index (χ2n) is 17.5. The molecule has 0 unspecified atom stereocenters. The van der Waals surface area contributed by atoms with Crippen molar-refractivity contribution in [2.24, 2.45) is 9.98 Å². The molecule has 0 atom stereocenters. The third-order valence-corrected chi connectivity index (χ3v) is 13.0. The maximum absolute atomic E-state index is 12.3. The Morgan fingerprint density at radius 3 is 1.44 bits per heavy atom. The smallest absolute Gasteiger partial charge is 0.494 e. The fraction of sp³-hybridized carbons (Fsp3) is 0.259. The number of carbonyl (C=O) groups excluding carboxylic acids is 2. The van der Waals surface area contributed by atoms with Gasteiger partial charge in [-0.1, -0.05) is 71.2 Å². The third-order valence-electron chi connectivity index (χ3n) is 12.3. The van der Waals surface area contributed by atoms with Crippen LogP contribution in [-0.2, 0) is 52.5 Å². The Kier molecular flexibility index (Phi) is 18.6. The van der Waals surface area contributed by atoms with Crippen LogP contribution in [-0.4, -0.2) is 82.4 Å². The first-order valence-electron chi connectivity index (χ1n) is 22.4. The Morgan fingerprint density at radius 1 is 0.563 bits per heavy atom. The number of rotatable bonds is 10. The van der Waals surface area contributed by atoms with Gasteiger partial charge in [0.05, 0.1) is 42.5 Å². The third kappa shape index (κ3) is 13.6. The number of hydrogen-bond acceptors (Lipinski definition) is 10. The van der Waals surface area contributed by atoms with Crippen molar-refractivity contribution in [3.63, 3.8) is 0 Å². The molecule has 3 aliphatic rings. The van der Waals surface area contributed by atoms with Gasteiger partial charge in [0, 0.05) is 61.3 Å². The minimum absolute atomic E-state index is 0. The number of hydrogen-bond donors (Lipinski definition) is 0. The molecule has 2 amide bonds. The van der Waals surface area contributed by atoms with E-state index in [1.54, 1.807) is 57.5 Å². The summed E-state index contributed by atoms with van der Waals surface area (Å²) in [6.07, 6.45) is 0. The Bertz CT molecular complexity index is 2850. The molecule has 1 saturated heterocycles. The summed E-state index contributed by atoms with van der Waals surface area (Å²) in [7, 11) is 6.41. The maximum Gasteiger partial charge on any atom is 0.494 e. The summed E-state index contributed by atoms with van der Waals surface area (Å²) in [4.78, 5) is 35.5. The molecular formula is C54H54BCl3N4O8Pd. The van der Waals surface area contributed by atoms with Gasteiger partial charge < -0.3 is 38.1 Å². The van der Waals surface area contributed by atoms with Gasteiger partial charge in [0.15, 0.2) is 0 Å². The molecule has 0 aliphatic carbocycles. The molecule has 0 aromatic heterocycles. The van der Waals surface area contributed by atoms with Crippen molar-refractivity contribution in [3.05, 3.63) is 171 Å². The second-order valence-corrected chi connectivity index (χ2v) is 18.7. The van der Waals surface area contributed by atoms with E-state index in [2.05, 4.69) is 37.7 Å². The molecule has 1 fully saturated rings. The minimum Gasteiger partial charge on any atom is -0.497 e. The van der Waals surface area contributed by atoms with Crippen LogP contribution in [0.2, 0.25) is 10.0 Å². The van der Waals surface area contributed by atoms with Crippen molar-refractivity contribution in [1.29, 1.82) is 0 Å². The number of halogens is 3. The largest absolute Gasteiger partial charge is 0.497 e. The van der Waals surface area contributed by atoms with E-state index in [-0.39, 0.29) is 63.6 Å². The summed E-state index contributed by atoms with van der Waals surface area (Å²) in [5, 5.41) is 1.50. The molecule has 9 rings (SSSR count). The predicted octanol–water partition coefficient (Wildman–Crippen LogP) is 10.6. The number of fused-ring (bicyclic) bond motifs is 2. The van der Waals surface area contributed by atoms with Crippen LogP contribution in [0.25, 0.3) is 0 Å². The number of carbonyl (C=O) groups is 2. The SMILES string of the molecule is CN1C(=O)CN=C(Cl)c2cc(Cl)ccc21.COc1ccc(COc2ccc(B3OC(C)(C)C(C)(C)O3)cc2)cc1.COc1ccc(COc2ccc(C3=NCC(=O)N(C)c4ccc(Cl)cc43)cc2)cc1.[Pd]. The van der Waals surface area contributed by atoms with Crippen molar-refractivity contribution in [3.8, 4) is 23.0 Å². The van der Waals surface area contributed by atoms with Crippen molar-refractivity contribution in [1.82, 2.24) is 0 Å². The Labute approximate surface area is 444 Å². The van der Waals surface area contributed by atoms with E-state index in [4.69, 9.17) is 63.1 Å². The van der Waals surface area contributed by atoms with Crippen molar-refractivity contribution >= 4 is 81.5 Å². The maximum atomic E-state index is 12.3. The summed E-state index contributed by atoms with van der Waals surface area (Å²) in [6.45, 7) is 9.36. The Hall–Kier alpha value is -5.68. The molecule has 17 heteroatoms. The van der Waals surface area contributed by atoms with Crippen molar-refractivity contribution in [2.75, 3.05) is 51.2 Å². The van der Waals surface area contributed by atoms with Gasteiger partial charge in [-0.15, -0.1) is 0 Å². The zero-order valence-corrected chi connectivity index (χ0v) is 44.4. The van der Waals surface area contributed by atoms with Crippen LogP contribution in [0.4, 0.5) is 11.4 Å². The second kappa shape index (κ2) is 24.2. The van der Waals surface area contributed by atoms with Gasteiger partial charge in [-0.05, 0) is 141 Å². The summed E-state index contributed by atoms with van der Waals surface area (Å²) in [5.41, 5.74) is 7.17. The van der Waals surface area contributed by atoms with Crippen LogP contribution in [0.5, 0.6) is 23.0 Å². The number of methoxy groups -OCH3 is 2. The topological polar surface area (TPSA) is 121 Å². The molecule has 0 N–H and O–H groups in total. The molecule has 0 bridgehead atoms. The average molecular weight is 1110 g/mol. The first-order chi connectivity index (χ1) is 33.4. The van der Waals surface area contributed by atoms with E-state index < -0.39 is 0 Å². The van der Waals surface area contributed by atoms with Crippen molar-refractivity contribution < 1.29 is 58.3 Å². The molecule has 0 radical (unpaired) electrons. The molecule has 3 heterocycles. The molecule has 3 aliphatic heterocycles. The van der Waals surface area contributed by atoms with Crippen LogP contribution in [0.15, 0.2) is 143 Å². The molecule has 71 heavy (non-hydrogen) atoms. The zero-order valence-electron chi connectivity index (χ0n) is 40.6. The van der Waals surface area contributed by atoms with Crippen LogP contribution in [0.3, 0.4) is 0 Å². The van der Waals surface area contributed by atoms with Gasteiger partial charge in [-0.2, -0.15) is 0 Å². The molecule has 372 valence electrons. The molecular weight excluding hydrogens is 1060 g/mol. The van der Waals surface area contributed by atoms with E-state index in [0.717, 1.165) is 67.8 Å². The normalized spacial score (nSPS) is 15.4. The zero-order chi connectivity index (χ0) is 50.2. The van der Waals surface area contributed by atoms with Gasteiger partial charge in [-0.3, -0.25) is 19.6 Å². The number of ether oxygens (including phenoxy) is 4. The first kappa shape index (κ1) is 54.6. The van der Waals surface area contributed by atoms with E-state index in [0.29, 0.717) is 34.0 Å². The summed E-state index contributed by atoms with van der Waals surface area (Å²) < 4.78 is 34.2. The quantitative estimate of drug-likeness (QED) is 0.124. The summed E-state index contributed by atoms with van der Waals surface area (Å²) in [6, 6.07) is 41.9. The van der Waals surface area contributed by atoms with E-state index in [9.17, 15) is 9.59 Å². The number of nitrogens with zero attached hydrogens (tertiary/aromatic N) is 4. The van der Waals surface area contributed by atoms with Crippen LogP contribution < -0.4 is 34.2 Å². The number of benzodiazepines with no additional fused rings is 2. The van der Waals surface area contributed by atoms with E-state index in [1.807, 2.05) is 109 Å². The van der Waals surface area contributed by atoms with Crippen LogP contribution in [0.1, 0.15) is 55.5 Å². The molecule has 0 saturated carbocycles. The van der Waals surface area contributed by atoms with Crippen LogP contribution >= 0.6 is 34.8 Å². The first-order valence-corrected chi connectivity index (χ1v) is 23.5. The molecule has 0 spiro atoms. The van der Waals surface area contributed by atoms with Gasteiger partial charge in [0.2, 0.25) is 11.8 Å². The van der Waals surface area contributed by atoms with Crippen molar-refractivity contribution in [2.45, 2.75) is 52.1 Å². The predicted molar refractivity (Wildman–Crippen MR) is 281 cm³/mol. The van der Waals surface area contributed by atoms with Gasteiger partial charge >= 0.3 is 7.12 Å². The monoisotopic (exact) mass is 1110 g/mol. The van der Waals surface area contributed by atoms with Gasteiger partial charge in [-0.25, -0.2) is 0 Å². The van der Waals surface area contributed by atoms with Gasteiger partial charge in [0.1, 0.15) is 54.5 Å². The molecule has 6 aromatic carbocycles. The van der Waals surface area contributed by atoms with Gasteiger partial charge in [0.25, 0.3) is 0 Å². The fourth-order valence-electron chi connectivity index (χ4n) is 7.32. The number of aliphatic imine (C=N–C) groups is 2. The molecule has 6 aromatic rings.